The molecule has 2 heterocycles. The van der Waals surface area contributed by atoms with Gasteiger partial charge in [0.2, 0.25) is 0 Å². The predicted octanol–water partition coefficient (Wildman–Crippen LogP) is 10.9. The van der Waals surface area contributed by atoms with Gasteiger partial charge in [0.1, 0.15) is 0 Å². The molecular weight excluding hydrogens is 508 g/mol. The molecule has 0 bridgehead atoms. The van der Waals surface area contributed by atoms with E-state index in [9.17, 15) is 0 Å². The second kappa shape index (κ2) is 8.95. The summed E-state index contributed by atoms with van der Waals surface area (Å²) in [6.07, 6.45) is 0. The normalized spacial score (nSPS) is 11.8. The summed E-state index contributed by atoms with van der Waals surface area (Å²) in [4.78, 5) is 3.68. The maximum atomic E-state index is 3.68. The Hall–Kier alpha value is -5.60. The molecule has 0 aliphatic carbocycles. The van der Waals surface area contributed by atoms with Crippen molar-refractivity contribution in [2.24, 2.45) is 0 Å². The first kappa shape index (κ1) is 23.1. The maximum absolute atomic E-state index is 3.68. The highest BCUT2D eigenvalue weighted by atomic mass is 15.0. The Labute approximate surface area is 243 Å². The fraction of sp³-hybridized carbons (Fsp3) is 0. The Morgan fingerprint density at radius 3 is 1.93 bits per heavy atom. The Bertz CT molecular complexity index is 2460. The van der Waals surface area contributed by atoms with Crippen LogP contribution in [0, 0.1) is 0 Å². The van der Waals surface area contributed by atoms with Gasteiger partial charge >= 0.3 is 0 Å². The van der Waals surface area contributed by atoms with E-state index in [1.165, 1.54) is 82.3 Å². The number of aromatic amines is 1. The zero-order chi connectivity index (χ0) is 27.6. The van der Waals surface area contributed by atoms with E-state index in [-0.39, 0.29) is 0 Å². The van der Waals surface area contributed by atoms with Gasteiger partial charge in [0.05, 0.1) is 16.6 Å². The van der Waals surface area contributed by atoms with E-state index in [0.29, 0.717) is 0 Å². The van der Waals surface area contributed by atoms with Gasteiger partial charge in [0.25, 0.3) is 0 Å². The Balaban J connectivity index is 1.25. The maximum Gasteiger partial charge on any atom is 0.0544 e. The van der Waals surface area contributed by atoms with Crippen LogP contribution in [-0.4, -0.2) is 9.55 Å². The van der Waals surface area contributed by atoms with Gasteiger partial charge in [-0.2, -0.15) is 0 Å². The monoisotopic (exact) mass is 534 g/mol. The van der Waals surface area contributed by atoms with Crippen molar-refractivity contribution in [2.75, 3.05) is 0 Å². The van der Waals surface area contributed by atoms with Crippen LogP contribution >= 0.6 is 0 Å². The largest absolute Gasteiger partial charge is 0.354 e. The van der Waals surface area contributed by atoms with Gasteiger partial charge in [-0.3, -0.25) is 0 Å². The number of benzene rings is 7. The van der Waals surface area contributed by atoms with Crippen LogP contribution in [0.1, 0.15) is 0 Å². The van der Waals surface area contributed by atoms with Crippen molar-refractivity contribution in [3.63, 3.8) is 0 Å². The quantitative estimate of drug-likeness (QED) is 0.233. The van der Waals surface area contributed by atoms with Gasteiger partial charge in [-0.1, -0.05) is 103 Å². The Morgan fingerprint density at radius 2 is 1.05 bits per heavy atom. The first-order valence-electron chi connectivity index (χ1n) is 14.5. The minimum Gasteiger partial charge on any atom is -0.354 e. The summed E-state index contributed by atoms with van der Waals surface area (Å²) in [7, 11) is 0. The number of nitrogens with one attached hydrogen (secondary N) is 1. The van der Waals surface area contributed by atoms with Gasteiger partial charge < -0.3 is 9.55 Å². The molecule has 0 fully saturated rings. The first-order valence-corrected chi connectivity index (χ1v) is 14.5. The summed E-state index contributed by atoms with van der Waals surface area (Å²) in [6.45, 7) is 0. The summed E-state index contributed by atoms with van der Waals surface area (Å²) >= 11 is 0. The average Bonchev–Trinajstić information content (AvgIpc) is 3.60. The smallest absolute Gasteiger partial charge is 0.0544 e. The standard InChI is InChI=1S/C40H26N2/c1-2-13-29(14-3-1)42-38-20-9-7-17-32(38)35-24-27(21-22-39(35)42)26-11-10-12-28(23-26)34-25-36-31-16-6-8-19-37(31)41-40(36)33-18-5-4-15-30(33)34/h1-25,41H. The summed E-state index contributed by atoms with van der Waals surface area (Å²) in [5.41, 5.74) is 10.9. The molecule has 0 saturated carbocycles. The van der Waals surface area contributed by atoms with Crippen molar-refractivity contribution >= 4 is 54.4 Å². The molecule has 0 amide bonds. The number of hydrogen-bond donors (Lipinski definition) is 1. The van der Waals surface area contributed by atoms with E-state index in [0.717, 1.165) is 0 Å². The highest BCUT2D eigenvalue weighted by Gasteiger charge is 2.15. The number of rotatable bonds is 3. The second-order valence-corrected chi connectivity index (χ2v) is 11.1. The Morgan fingerprint density at radius 1 is 0.381 bits per heavy atom. The predicted molar refractivity (Wildman–Crippen MR) is 179 cm³/mol. The molecule has 9 rings (SSSR count). The lowest BCUT2D eigenvalue weighted by Gasteiger charge is -2.11. The number of H-pyrrole nitrogens is 1. The zero-order valence-corrected chi connectivity index (χ0v) is 22.9. The second-order valence-electron chi connectivity index (χ2n) is 11.1. The first-order chi connectivity index (χ1) is 20.8. The molecule has 0 unspecified atom stereocenters. The molecule has 0 radical (unpaired) electrons. The molecule has 0 aliphatic rings. The van der Waals surface area contributed by atoms with Crippen molar-refractivity contribution < 1.29 is 0 Å². The lowest BCUT2D eigenvalue weighted by atomic mass is 9.93. The molecule has 0 atom stereocenters. The van der Waals surface area contributed by atoms with E-state index < -0.39 is 0 Å². The van der Waals surface area contributed by atoms with Crippen LogP contribution in [-0.2, 0) is 0 Å². The van der Waals surface area contributed by atoms with Crippen LogP contribution in [0.15, 0.2) is 152 Å². The van der Waals surface area contributed by atoms with E-state index in [2.05, 4.69) is 161 Å². The van der Waals surface area contributed by atoms with Crippen LogP contribution in [0.2, 0.25) is 0 Å². The molecule has 2 aromatic heterocycles. The highest BCUT2D eigenvalue weighted by molar-refractivity contribution is 6.20. The van der Waals surface area contributed by atoms with E-state index >= 15 is 0 Å². The van der Waals surface area contributed by atoms with Gasteiger partial charge in [-0.15, -0.1) is 0 Å². The zero-order valence-electron chi connectivity index (χ0n) is 22.9. The fourth-order valence-corrected chi connectivity index (χ4v) is 6.80. The van der Waals surface area contributed by atoms with E-state index in [1.54, 1.807) is 0 Å². The van der Waals surface area contributed by atoms with Crippen LogP contribution in [0.3, 0.4) is 0 Å². The van der Waals surface area contributed by atoms with Crippen LogP contribution in [0.25, 0.3) is 82.3 Å². The molecule has 0 saturated heterocycles. The summed E-state index contributed by atoms with van der Waals surface area (Å²) < 4.78 is 2.37. The summed E-state index contributed by atoms with van der Waals surface area (Å²) in [6, 6.07) is 55.0. The van der Waals surface area contributed by atoms with Gasteiger partial charge in [-0.05, 0) is 76.2 Å². The molecule has 7 aromatic carbocycles. The highest BCUT2D eigenvalue weighted by Crippen LogP contribution is 2.40. The molecule has 196 valence electrons. The van der Waals surface area contributed by atoms with Crippen LogP contribution in [0.4, 0.5) is 0 Å². The SMILES string of the molecule is c1ccc(-n2c3ccccc3c3cc(-c4cccc(-c5cc6c7ccccc7[nH]c6c6ccccc56)c4)ccc32)cc1. The molecule has 9 aromatic rings. The number of para-hydroxylation sites is 3. The number of nitrogens with zero attached hydrogens (tertiary/aromatic N) is 1. The third kappa shape index (κ3) is 3.39. The fourth-order valence-electron chi connectivity index (χ4n) is 6.80. The molecule has 0 spiro atoms. The summed E-state index contributed by atoms with van der Waals surface area (Å²) in [5.74, 6) is 0. The molecule has 2 heteroatoms. The lowest BCUT2D eigenvalue weighted by Crippen LogP contribution is -1.92. The summed E-state index contributed by atoms with van der Waals surface area (Å²) in [5, 5.41) is 7.57. The van der Waals surface area contributed by atoms with Crippen molar-refractivity contribution in [3.8, 4) is 27.9 Å². The van der Waals surface area contributed by atoms with Crippen LogP contribution in [0.5, 0.6) is 0 Å². The van der Waals surface area contributed by atoms with Crippen LogP contribution < -0.4 is 0 Å². The minimum atomic E-state index is 1.17. The minimum absolute atomic E-state index is 1.17. The number of fused-ring (bicyclic) bond motifs is 8. The van der Waals surface area contributed by atoms with E-state index in [1.807, 2.05) is 0 Å². The molecule has 0 aliphatic heterocycles. The third-order valence-corrected chi connectivity index (χ3v) is 8.72. The number of aromatic nitrogens is 2. The molecular formula is C40H26N2. The third-order valence-electron chi connectivity index (χ3n) is 8.72. The lowest BCUT2D eigenvalue weighted by molar-refractivity contribution is 1.18. The van der Waals surface area contributed by atoms with Crippen molar-refractivity contribution in [1.29, 1.82) is 0 Å². The molecule has 42 heavy (non-hydrogen) atoms. The van der Waals surface area contributed by atoms with E-state index in [4.69, 9.17) is 0 Å². The van der Waals surface area contributed by atoms with Gasteiger partial charge in [0.15, 0.2) is 0 Å². The number of hydrogen-bond acceptors (Lipinski definition) is 0. The topological polar surface area (TPSA) is 20.7 Å². The van der Waals surface area contributed by atoms with Crippen molar-refractivity contribution in [3.05, 3.63) is 152 Å². The molecule has 2 nitrogen and oxygen atoms in total. The average molecular weight is 535 g/mol. The van der Waals surface area contributed by atoms with Crippen molar-refractivity contribution in [2.45, 2.75) is 0 Å². The van der Waals surface area contributed by atoms with Crippen molar-refractivity contribution in [1.82, 2.24) is 9.55 Å². The Kier molecular flexibility index (Phi) is 4.93. The van der Waals surface area contributed by atoms with Gasteiger partial charge in [-0.25, -0.2) is 0 Å². The molecule has 1 N–H and O–H groups in total. The van der Waals surface area contributed by atoms with Gasteiger partial charge in [0, 0.05) is 38.1 Å².